The first kappa shape index (κ1) is 20.8. The predicted molar refractivity (Wildman–Crippen MR) is 104 cm³/mol. The monoisotopic (exact) mass is 382 g/mol. The molecule has 0 spiro atoms. The molecule has 2 heterocycles. The van der Waals surface area contributed by atoms with E-state index < -0.39 is 5.60 Å². The third kappa shape index (κ3) is 6.04. The summed E-state index contributed by atoms with van der Waals surface area (Å²) in [6, 6.07) is 3.62. The van der Waals surface area contributed by atoms with Crippen molar-refractivity contribution < 1.29 is 14.3 Å². The number of nitrogens with zero attached hydrogens (tertiary/aromatic N) is 2. The molecule has 0 aromatic carbocycles. The third-order valence-electron chi connectivity index (χ3n) is 4.39. The van der Waals surface area contributed by atoms with Gasteiger partial charge in [0.15, 0.2) is 0 Å². The second-order valence-corrected chi connectivity index (χ2v) is 8.87. The van der Waals surface area contributed by atoms with Gasteiger partial charge in [0, 0.05) is 19.0 Å². The van der Waals surface area contributed by atoms with Crippen LogP contribution in [0.2, 0.25) is 5.15 Å². The van der Waals surface area contributed by atoms with E-state index in [2.05, 4.69) is 18.8 Å². The maximum Gasteiger partial charge on any atom is 0.410 e. The van der Waals surface area contributed by atoms with E-state index in [9.17, 15) is 4.79 Å². The molecule has 1 aromatic heterocycles. The predicted octanol–water partition coefficient (Wildman–Crippen LogP) is 5.09. The van der Waals surface area contributed by atoms with Gasteiger partial charge in [0.2, 0.25) is 0 Å². The molecule has 0 N–H and O–H groups in total. The van der Waals surface area contributed by atoms with Crippen LogP contribution in [0.25, 0.3) is 0 Å². The van der Waals surface area contributed by atoms with Crippen LogP contribution in [0, 0.1) is 18.8 Å². The first-order valence-electron chi connectivity index (χ1n) is 9.33. The van der Waals surface area contributed by atoms with E-state index in [1.165, 1.54) is 0 Å². The molecule has 5 nitrogen and oxygen atoms in total. The summed E-state index contributed by atoms with van der Waals surface area (Å²) in [5.41, 5.74) is 0.308. The third-order valence-corrected chi connectivity index (χ3v) is 4.60. The number of aryl methyl sites for hydroxylation is 1. The molecule has 0 saturated carbocycles. The molecule has 2 unspecified atom stereocenters. The van der Waals surface area contributed by atoms with Crippen LogP contribution in [0.3, 0.4) is 0 Å². The van der Waals surface area contributed by atoms with Gasteiger partial charge in [-0.1, -0.05) is 25.4 Å². The molecule has 2 rings (SSSR count). The molecule has 1 aromatic rings. The van der Waals surface area contributed by atoms with Crippen LogP contribution in [0.15, 0.2) is 12.1 Å². The Morgan fingerprint density at radius 2 is 2.08 bits per heavy atom. The van der Waals surface area contributed by atoms with Crippen molar-refractivity contribution in [2.45, 2.75) is 66.1 Å². The molecule has 1 aliphatic rings. The Morgan fingerprint density at radius 1 is 1.38 bits per heavy atom. The number of pyridine rings is 1. The van der Waals surface area contributed by atoms with E-state index in [0.29, 0.717) is 24.2 Å². The van der Waals surface area contributed by atoms with Gasteiger partial charge in [0.25, 0.3) is 0 Å². The van der Waals surface area contributed by atoms with Gasteiger partial charge < -0.3 is 14.4 Å². The minimum Gasteiger partial charge on any atom is -0.488 e. The number of carbonyl (C=O) groups is 1. The number of likely N-dealkylation sites (tertiary alicyclic amines) is 1. The van der Waals surface area contributed by atoms with Crippen LogP contribution in [0.5, 0.6) is 5.75 Å². The largest absolute Gasteiger partial charge is 0.488 e. The SMILES string of the molecule is Cc1nc(Cl)ccc1OC(CC(C)C)C1CCN(C(=O)OC(C)(C)C)C1. The number of aromatic nitrogens is 1. The smallest absolute Gasteiger partial charge is 0.410 e. The minimum absolute atomic E-state index is 0.0316. The highest BCUT2D eigenvalue weighted by molar-refractivity contribution is 6.29. The summed E-state index contributed by atoms with van der Waals surface area (Å²) >= 11 is 5.95. The van der Waals surface area contributed by atoms with Crippen LogP contribution < -0.4 is 4.74 Å². The number of carbonyl (C=O) groups excluding carboxylic acids is 1. The molecule has 0 bridgehead atoms. The molecule has 6 heteroatoms. The standard InChI is InChI=1S/C20H31ClN2O3/c1-13(2)11-17(25-16-7-8-18(21)22-14(16)3)15-9-10-23(12-15)19(24)26-20(4,5)6/h7-8,13,15,17H,9-12H2,1-6H3. The highest BCUT2D eigenvalue weighted by atomic mass is 35.5. The van der Waals surface area contributed by atoms with Gasteiger partial charge in [-0.3, -0.25) is 0 Å². The molecule has 26 heavy (non-hydrogen) atoms. The molecule has 0 aliphatic carbocycles. The Balaban J connectivity index is 2.06. The molecular weight excluding hydrogens is 352 g/mol. The van der Waals surface area contributed by atoms with E-state index >= 15 is 0 Å². The summed E-state index contributed by atoms with van der Waals surface area (Å²) in [7, 11) is 0. The van der Waals surface area contributed by atoms with Gasteiger partial charge in [-0.05, 0) is 58.6 Å². The maximum absolute atomic E-state index is 12.3. The van der Waals surface area contributed by atoms with E-state index in [-0.39, 0.29) is 18.1 Å². The quantitative estimate of drug-likeness (QED) is 0.665. The van der Waals surface area contributed by atoms with Crippen molar-refractivity contribution in [3.63, 3.8) is 0 Å². The lowest BCUT2D eigenvalue weighted by Crippen LogP contribution is -2.37. The number of rotatable bonds is 5. The second kappa shape index (κ2) is 8.47. The van der Waals surface area contributed by atoms with Crippen LogP contribution in [-0.2, 0) is 4.74 Å². The van der Waals surface area contributed by atoms with Crippen LogP contribution in [-0.4, -0.2) is 40.8 Å². The lowest BCUT2D eigenvalue weighted by molar-refractivity contribution is 0.0270. The van der Waals surface area contributed by atoms with Gasteiger partial charge in [0.05, 0.1) is 5.69 Å². The summed E-state index contributed by atoms with van der Waals surface area (Å²) in [6.45, 7) is 13.3. The summed E-state index contributed by atoms with van der Waals surface area (Å²) < 4.78 is 11.8. The number of ether oxygens (including phenoxy) is 2. The maximum atomic E-state index is 12.3. The van der Waals surface area contributed by atoms with Gasteiger partial charge in [0.1, 0.15) is 22.6 Å². The molecular formula is C20H31ClN2O3. The Hall–Kier alpha value is -1.49. The fourth-order valence-corrected chi connectivity index (χ4v) is 3.38. The van der Waals surface area contributed by atoms with Crippen LogP contribution in [0.4, 0.5) is 4.79 Å². The van der Waals surface area contributed by atoms with Gasteiger partial charge in [-0.15, -0.1) is 0 Å². The summed E-state index contributed by atoms with van der Waals surface area (Å²) in [5.74, 6) is 1.53. The summed E-state index contributed by atoms with van der Waals surface area (Å²) in [6.07, 6.45) is 1.63. The second-order valence-electron chi connectivity index (χ2n) is 8.48. The zero-order valence-electron chi connectivity index (χ0n) is 16.7. The lowest BCUT2D eigenvalue weighted by atomic mass is 9.93. The molecule has 146 valence electrons. The fraction of sp³-hybridized carbons (Fsp3) is 0.700. The normalized spacial score (nSPS) is 18.9. The van der Waals surface area contributed by atoms with Crippen molar-refractivity contribution in [3.8, 4) is 5.75 Å². The lowest BCUT2D eigenvalue weighted by Gasteiger charge is -2.28. The zero-order valence-corrected chi connectivity index (χ0v) is 17.5. The Morgan fingerprint density at radius 3 is 2.65 bits per heavy atom. The van der Waals surface area contributed by atoms with Crippen molar-refractivity contribution in [1.29, 1.82) is 0 Å². The molecule has 1 amide bonds. The van der Waals surface area contributed by atoms with Crippen molar-refractivity contribution in [1.82, 2.24) is 9.88 Å². The topological polar surface area (TPSA) is 51.7 Å². The first-order valence-corrected chi connectivity index (χ1v) is 9.70. The van der Waals surface area contributed by atoms with Crippen molar-refractivity contribution in [3.05, 3.63) is 23.0 Å². The minimum atomic E-state index is -0.477. The van der Waals surface area contributed by atoms with Crippen LogP contribution in [0.1, 0.15) is 53.2 Å². The average molecular weight is 383 g/mol. The van der Waals surface area contributed by atoms with Gasteiger partial charge >= 0.3 is 6.09 Å². The Kier molecular flexibility index (Phi) is 6.78. The van der Waals surface area contributed by atoms with Crippen molar-refractivity contribution in [2.75, 3.05) is 13.1 Å². The highest BCUT2D eigenvalue weighted by Crippen LogP contribution is 2.30. The Labute approximate surface area is 162 Å². The molecule has 1 saturated heterocycles. The average Bonchev–Trinajstić information content (AvgIpc) is 2.97. The Bertz CT molecular complexity index is 628. The van der Waals surface area contributed by atoms with Gasteiger partial charge in [-0.2, -0.15) is 0 Å². The highest BCUT2D eigenvalue weighted by Gasteiger charge is 2.35. The van der Waals surface area contributed by atoms with Gasteiger partial charge in [-0.25, -0.2) is 9.78 Å². The van der Waals surface area contributed by atoms with E-state index in [1.807, 2.05) is 33.8 Å². The number of hydrogen-bond acceptors (Lipinski definition) is 4. The molecule has 2 atom stereocenters. The van der Waals surface area contributed by atoms with Crippen molar-refractivity contribution in [2.24, 2.45) is 11.8 Å². The summed E-state index contributed by atoms with van der Waals surface area (Å²) in [4.78, 5) is 18.4. The van der Waals surface area contributed by atoms with E-state index in [4.69, 9.17) is 21.1 Å². The zero-order chi connectivity index (χ0) is 19.5. The van der Waals surface area contributed by atoms with E-state index in [1.54, 1.807) is 11.0 Å². The number of hydrogen-bond donors (Lipinski definition) is 0. The number of halogens is 1. The molecule has 1 aliphatic heterocycles. The number of amides is 1. The molecule has 0 radical (unpaired) electrons. The van der Waals surface area contributed by atoms with Crippen LogP contribution >= 0.6 is 11.6 Å². The molecule has 1 fully saturated rings. The van der Waals surface area contributed by atoms with E-state index in [0.717, 1.165) is 24.3 Å². The van der Waals surface area contributed by atoms with Crippen molar-refractivity contribution >= 4 is 17.7 Å². The fourth-order valence-electron chi connectivity index (χ4n) is 3.19. The summed E-state index contributed by atoms with van der Waals surface area (Å²) in [5, 5.41) is 0.465. The first-order chi connectivity index (χ1) is 12.0.